The van der Waals surface area contributed by atoms with Gasteiger partial charge in [-0.15, -0.1) is 0 Å². The number of sulfone groups is 1. The molecular weight excluding hydrogens is 362 g/mol. The number of rotatable bonds is 5. The van der Waals surface area contributed by atoms with Gasteiger partial charge in [-0.25, -0.2) is 13.4 Å². The number of nitrogens with two attached hydrogens (primary N) is 1. The fraction of sp³-hybridized carbons (Fsp3) is 0.235. The van der Waals surface area contributed by atoms with Crippen molar-refractivity contribution in [3.05, 3.63) is 52.5 Å². The summed E-state index contributed by atoms with van der Waals surface area (Å²) in [5, 5.41) is 3.41. The van der Waals surface area contributed by atoms with E-state index in [1.807, 2.05) is 0 Å². The number of anilines is 1. The number of benzene rings is 2. The zero-order valence-electron chi connectivity index (χ0n) is 14.2. The molecule has 0 radical (unpaired) electrons. The second-order valence-corrected chi connectivity index (χ2v) is 7.94. The smallest absolute Gasteiger partial charge is 0.193 e. The molecule has 0 unspecified atom stereocenters. The molecule has 0 aromatic heterocycles. The van der Waals surface area contributed by atoms with Crippen LogP contribution in [-0.4, -0.2) is 27.7 Å². The van der Waals surface area contributed by atoms with Gasteiger partial charge in [0, 0.05) is 11.9 Å². The molecule has 0 aliphatic rings. The summed E-state index contributed by atoms with van der Waals surface area (Å²) in [6, 6.07) is 10.3. The quantitative estimate of drug-likeness (QED) is 0.613. The van der Waals surface area contributed by atoms with E-state index in [1.54, 1.807) is 50.4 Å². The Morgan fingerprint density at radius 2 is 2.00 bits per heavy atom. The summed E-state index contributed by atoms with van der Waals surface area (Å²) < 4.78 is 28.4. The van der Waals surface area contributed by atoms with E-state index in [0.29, 0.717) is 33.5 Å². The van der Waals surface area contributed by atoms with Crippen LogP contribution < -0.4 is 15.8 Å². The first-order chi connectivity index (χ1) is 11.7. The summed E-state index contributed by atoms with van der Waals surface area (Å²) in [4.78, 5) is 4.57. The largest absolute Gasteiger partial charge is 0.495 e. The van der Waals surface area contributed by atoms with E-state index in [2.05, 4.69) is 10.3 Å². The summed E-state index contributed by atoms with van der Waals surface area (Å²) in [5.41, 5.74) is 8.12. The molecule has 2 aromatic carbocycles. The van der Waals surface area contributed by atoms with Crippen LogP contribution in [0.2, 0.25) is 5.02 Å². The highest BCUT2D eigenvalue weighted by Gasteiger charge is 2.10. The third-order valence-corrected chi connectivity index (χ3v) is 5.05. The lowest BCUT2D eigenvalue weighted by molar-refractivity contribution is 0.415. The minimum Gasteiger partial charge on any atom is -0.495 e. The number of ether oxygens (including phenoxy) is 1. The van der Waals surface area contributed by atoms with Crippen molar-refractivity contribution in [1.29, 1.82) is 0 Å². The van der Waals surface area contributed by atoms with Crippen LogP contribution in [0.15, 0.2) is 46.3 Å². The Kier molecular flexibility index (Phi) is 5.92. The monoisotopic (exact) mass is 381 g/mol. The Labute approximate surface area is 152 Å². The summed E-state index contributed by atoms with van der Waals surface area (Å²) >= 11 is 6.06. The molecule has 0 saturated carbocycles. The number of hydrogen-bond donors (Lipinski definition) is 2. The minimum atomic E-state index is -3.23. The van der Waals surface area contributed by atoms with Crippen molar-refractivity contribution in [3.63, 3.8) is 0 Å². The average Bonchev–Trinajstić information content (AvgIpc) is 2.52. The molecule has 25 heavy (non-hydrogen) atoms. The van der Waals surface area contributed by atoms with Crippen LogP contribution in [0, 0.1) is 6.92 Å². The first kappa shape index (κ1) is 19.1. The Morgan fingerprint density at radius 3 is 2.56 bits per heavy atom. The topological polar surface area (TPSA) is 93.8 Å². The molecule has 8 heteroatoms. The van der Waals surface area contributed by atoms with Crippen molar-refractivity contribution in [2.24, 2.45) is 10.7 Å². The first-order valence-corrected chi connectivity index (χ1v) is 9.67. The zero-order valence-corrected chi connectivity index (χ0v) is 15.8. The molecule has 0 spiro atoms. The normalized spacial score (nSPS) is 12.1. The number of hydrogen-bond acceptors (Lipinski definition) is 4. The van der Waals surface area contributed by atoms with Gasteiger partial charge in [-0.1, -0.05) is 23.7 Å². The Bertz CT molecular complexity index is 911. The van der Waals surface area contributed by atoms with Crippen molar-refractivity contribution in [3.8, 4) is 5.75 Å². The van der Waals surface area contributed by atoms with E-state index in [4.69, 9.17) is 22.1 Å². The minimum absolute atomic E-state index is 0.228. The Hall–Kier alpha value is -2.25. The van der Waals surface area contributed by atoms with Crippen LogP contribution in [0.3, 0.4) is 0 Å². The standard InChI is InChI=1S/C17H20ClN3O3S/c1-11-8-12(4-7-16(11)25(3,22)23)10-20-17(19)21-13-5-6-15(24-2)14(18)9-13/h4-9H,10H2,1-3H3,(H3,19,20,21). The molecule has 0 atom stereocenters. The zero-order chi connectivity index (χ0) is 18.6. The Balaban J connectivity index is 2.08. The molecule has 0 aliphatic heterocycles. The van der Waals surface area contributed by atoms with Crippen LogP contribution in [0.4, 0.5) is 5.69 Å². The predicted molar refractivity (Wildman–Crippen MR) is 101 cm³/mol. The van der Waals surface area contributed by atoms with Gasteiger partial charge in [0.15, 0.2) is 15.8 Å². The van der Waals surface area contributed by atoms with Crippen LogP contribution in [0.1, 0.15) is 11.1 Å². The number of nitrogens with zero attached hydrogens (tertiary/aromatic N) is 1. The van der Waals surface area contributed by atoms with E-state index in [9.17, 15) is 8.42 Å². The molecule has 0 bridgehead atoms. The third kappa shape index (κ3) is 5.11. The second-order valence-electron chi connectivity index (χ2n) is 5.55. The lowest BCUT2D eigenvalue weighted by Crippen LogP contribution is -2.22. The number of nitrogens with one attached hydrogen (secondary N) is 1. The number of halogens is 1. The van der Waals surface area contributed by atoms with Gasteiger partial charge in [-0.2, -0.15) is 0 Å². The highest BCUT2D eigenvalue weighted by Crippen LogP contribution is 2.27. The molecule has 0 saturated heterocycles. The van der Waals surface area contributed by atoms with Gasteiger partial charge in [0.25, 0.3) is 0 Å². The SMILES string of the molecule is COc1ccc(NC(N)=NCc2ccc(S(C)(=O)=O)c(C)c2)cc1Cl. The number of methoxy groups -OCH3 is 1. The van der Waals surface area contributed by atoms with E-state index in [1.165, 1.54) is 6.26 Å². The van der Waals surface area contributed by atoms with Gasteiger partial charge >= 0.3 is 0 Å². The van der Waals surface area contributed by atoms with Gasteiger partial charge in [-0.3, -0.25) is 0 Å². The van der Waals surface area contributed by atoms with Crippen LogP contribution in [-0.2, 0) is 16.4 Å². The summed E-state index contributed by atoms with van der Waals surface area (Å²) in [6.45, 7) is 2.08. The van der Waals surface area contributed by atoms with Gasteiger partial charge < -0.3 is 15.8 Å². The summed E-state index contributed by atoms with van der Waals surface area (Å²) in [6.07, 6.45) is 1.19. The van der Waals surface area contributed by atoms with Gasteiger partial charge in [0.1, 0.15) is 5.75 Å². The van der Waals surface area contributed by atoms with E-state index < -0.39 is 9.84 Å². The van der Waals surface area contributed by atoms with Crippen LogP contribution in [0.5, 0.6) is 5.75 Å². The maximum absolute atomic E-state index is 11.6. The van der Waals surface area contributed by atoms with E-state index >= 15 is 0 Å². The van der Waals surface area contributed by atoms with Crippen LogP contribution in [0.25, 0.3) is 0 Å². The van der Waals surface area contributed by atoms with Gasteiger partial charge in [-0.05, 0) is 42.3 Å². The maximum Gasteiger partial charge on any atom is 0.193 e. The maximum atomic E-state index is 11.6. The van der Waals surface area contributed by atoms with Crippen molar-refractivity contribution >= 4 is 33.1 Å². The predicted octanol–water partition coefficient (Wildman–Crippen LogP) is 2.99. The van der Waals surface area contributed by atoms with Crippen molar-refractivity contribution < 1.29 is 13.2 Å². The number of guanidine groups is 1. The molecule has 2 rings (SSSR count). The van der Waals surface area contributed by atoms with E-state index in [-0.39, 0.29) is 5.96 Å². The van der Waals surface area contributed by atoms with Crippen LogP contribution >= 0.6 is 11.6 Å². The third-order valence-electron chi connectivity index (χ3n) is 3.49. The van der Waals surface area contributed by atoms with Crippen molar-refractivity contribution in [2.45, 2.75) is 18.4 Å². The molecule has 2 aromatic rings. The van der Waals surface area contributed by atoms with Gasteiger partial charge in [0.2, 0.25) is 0 Å². The molecule has 0 fully saturated rings. The molecule has 134 valence electrons. The fourth-order valence-electron chi connectivity index (χ4n) is 2.33. The van der Waals surface area contributed by atoms with Crippen molar-refractivity contribution in [1.82, 2.24) is 0 Å². The first-order valence-electron chi connectivity index (χ1n) is 7.41. The Morgan fingerprint density at radius 1 is 1.28 bits per heavy atom. The molecular formula is C17H20ClN3O3S. The molecule has 3 N–H and O–H groups in total. The number of aryl methyl sites for hydroxylation is 1. The summed E-state index contributed by atoms with van der Waals surface area (Å²) in [7, 11) is -1.68. The van der Waals surface area contributed by atoms with Gasteiger partial charge in [0.05, 0.1) is 23.6 Å². The lowest BCUT2D eigenvalue weighted by atomic mass is 10.1. The molecule has 0 amide bonds. The lowest BCUT2D eigenvalue weighted by Gasteiger charge is -2.09. The highest BCUT2D eigenvalue weighted by atomic mass is 35.5. The molecule has 0 heterocycles. The van der Waals surface area contributed by atoms with Crippen molar-refractivity contribution in [2.75, 3.05) is 18.7 Å². The highest BCUT2D eigenvalue weighted by molar-refractivity contribution is 7.90. The second kappa shape index (κ2) is 7.76. The molecule has 0 aliphatic carbocycles. The fourth-order valence-corrected chi connectivity index (χ4v) is 3.55. The van der Waals surface area contributed by atoms with E-state index in [0.717, 1.165) is 5.56 Å². The molecule has 6 nitrogen and oxygen atoms in total. The number of aliphatic imine (C=N–C) groups is 1. The summed E-state index contributed by atoms with van der Waals surface area (Å²) in [5.74, 6) is 0.801. The average molecular weight is 382 g/mol.